The molecule has 4 unspecified atom stereocenters. The first kappa shape index (κ1) is 120. The molecule has 21 rings (SSSR count). The van der Waals surface area contributed by atoms with E-state index in [0.29, 0.717) is 41.6 Å². The van der Waals surface area contributed by atoms with Gasteiger partial charge < -0.3 is 68.7 Å². The van der Waals surface area contributed by atoms with Gasteiger partial charge in [0.1, 0.15) is 29.1 Å². The summed E-state index contributed by atoms with van der Waals surface area (Å²) in [7, 11) is -1.26. The van der Waals surface area contributed by atoms with Crippen molar-refractivity contribution in [2.24, 2.45) is 17.8 Å². The Labute approximate surface area is 932 Å². The van der Waals surface area contributed by atoms with Crippen LogP contribution in [0.3, 0.4) is 0 Å². The van der Waals surface area contributed by atoms with Crippen molar-refractivity contribution in [3.05, 3.63) is 219 Å². The molecule has 10 fully saturated rings. The number of nitrogens with zero attached hydrogens (tertiary/aromatic N) is 4. The summed E-state index contributed by atoms with van der Waals surface area (Å²) in [4.78, 5) is 92.5. The molecule has 4 aliphatic heterocycles. The maximum atomic E-state index is 11.9. The number of hydrogen-bond acceptors (Lipinski definition) is 18. The SMILES string of the molecule is Brc1ccc(-c2cnc(C3CCCCC3)[nH]2)cc1.CC(=O)O.CC(C)(C)OC(=O)N1CCCC[C@H]1C(=O)O.CC1(C)OB(B2OC(C)(C)C(C)(C)O2)OC1(C)C.CC1(C)OB(c2ccc(-c3cnc(C4CCCCC4)[nH]3)cc2)OC1(C)C.Cc1ccc(-c2cnc(C3CCCCC3)[nH]2)c2c1CC1CCC21.Cc1ccc(I)c2c1CC1CCC21.N.O=C(CBr)c1ccc(Br)cc1.O=C(COC(=O)C1CCCCC1)c1ccc(Br)cc1. The van der Waals surface area contributed by atoms with Crippen molar-refractivity contribution in [1.82, 2.24) is 41.0 Å². The number of H-pyrrole nitrogens is 3. The molecule has 1 amide bonds. The number of fused-ring (bicyclic) bond motifs is 6. The predicted molar refractivity (Wildman–Crippen MR) is 617 cm³/mol. The Kier molecular flexibility index (Phi) is 43.0. The zero-order chi connectivity index (χ0) is 107. The van der Waals surface area contributed by atoms with Gasteiger partial charge in [-0.1, -0.05) is 220 Å². The predicted octanol–water partition coefficient (Wildman–Crippen LogP) is 29.6. The largest absolute Gasteiger partial charge is 0.494 e. The molecule has 8 N–H and O–H groups in total. The number of imidazole rings is 3. The Bertz CT molecular complexity index is 5840. The van der Waals surface area contributed by atoms with E-state index in [1.54, 1.807) is 79.4 Å². The number of aromatic nitrogens is 6. The van der Waals surface area contributed by atoms with Crippen LogP contribution in [-0.2, 0) is 64.6 Å². The number of carbonyl (C=O) groups is 6. The fraction of sp³-hybridized carbons (Fsp3) is 0.564. The molecule has 24 nitrogen and oxygen atoms in total. The number of nitrogens with one attached hydrogen (secondary N) is 3. The van der Waals surface area contributed by atoms with E-state index in [4.69, 9.17) is 57.4 Å². The van der Waals surface area contributed by atoms with Crippen LogP contribution < -0.4 is 11.6 Å². The Morgan fingerprint density at radius 3 is 1.22 bits per heavy atom. The third-order valence-electron chi connectivity index (χ3n) is 32.5. The minimum Gasteiger partial charge on any atom is -0.481 e. The molecule has 6 saturated carbocycles. The number of amides is 1. The van der Waals surface area contributed by atoms with Gasteiger partial charge in [-0.25, -0.2) is 24.5 Å². The van der Waals surface area contributed by atoms with E-state index in [9.17, 15) is 24.0 Å². The molecule has 0 radical (unpaired) electrons. The molecule has 3 aromatic heterocycles. The lowest BCUT2D eigenvalue weighted by Gasteiger charge is -2.34. The topological polar surface area (TPSA) is 341 Å². The number of aliphatic carboxylic acids is 2. The lowest BCUT2D eigenvalue weighted by Crippen LogP contribution is -2.49. The molecule has 4 saturated heterocycles. The van der Waals surface area contributed by atoms with E-state index >= 15 is 0 Å². The number of aryl methyl sites for hydroxylation is 2. The van der Waals surface area contributed by atoms with Crippen LogP contribution in [0.1, 0.15) is 385 Å². The second-order valence-electron chi connectivity index (χ2n) is 45.9. The van der Waals surface area contributed by atoms with E-state index in [1.807, 2.05) is 79.9 Å². The van der Waals surface area contributed by atoms with E-state index in [1.165, 1.54) is 189 Å². The summed E-state index contributed by atoms with van der Waals surface area (Å²) in [5, 5.41) is 16.8. The van der Waals surface area contributed by atoms with Gasteiger partial charge in [0.25, 0.3) is 5.97 Å². The maximum Gasteiger partial charge on any atom is 0.494 e. The number of hydrogen-bond donors (Lipinski definition) is 6. The third kappa shape index (κ3) is 31.7. The van der Waals surface area contributed by atoms with Crippen LogP contribution in [0.25, 0.3) is 33.8 Å². The molecule has 32 heteroatoms. The number of piperidine rings is 1. The van der Waals surface area contributed by atoms with Crippen LogP contribution in [0.4, 0.5) is 4.79 Å². The summed E-state index contributed by atoms with van der Waals surface area (Å²) in [6, 6.07) is 39.7. The molecular formula is C117H158B3Br4IN8O16. The average molecular weight is 2410 g/mol. The van der Waals surface area contributed by atoms with Gasteiger partial charge in [0.2, 0.25) is 0 Å². The number of likely N-dealkylation sites (tertiary alicyclic amines) is 1. The van der Waals surface area contributed by atoms with Crippen molar-refractivity contribution >= 4 is 148 Å². The van der Waals surface area contributed by atoms with E-state index in [2.05, 4.69) is 232 Å². The monoisotopic (exact) mass is 2410 g/mol. The van der Waals surface area contributed by atoms with E-state index in [-0.39, 0.29) is 76.9 Å². The van der Waals surface area contributed by atoms with Crippen LogP contribution in [0, 0.1) is 35.2 Å². The van der Waals surface area contributed by atoms with Crippen LogP contribution in [0.2, 0.25) is 0 Å². The second kappa shape index (κ2) is 53.3. The summed E-state index contributed by atoms with van der Waals surface area (Å²) >= 11 is 15.7. The number of benzene rings is 6. The number of carboxylic acid groups (broad SMARTS) is 2. The second-order valence-corrected chi connectivity index (χ2v) is 50.3. The summed E-state index contributed by atoms with van der Waals surface area (Å²) in [6.07, 6.45) is 41.2. The first-order chi connectivity index (χ1) is 70.1. The molecule has 5 atom stereocenters. The highest BCUT2D eigenvalue weighted by molar-refractivity contribution is 14.1. The van der Waals surface area contributed by atoms with Gasteiger partial charge in [-0.2, -0.15) is 0 Å². The molecule has 0 spiro atoms. The fourth-order valence-corrected chi connectivity index (χ4v) is 23.4. The molecular weight excluding hydrogens is 2250 g/mol. The van der Waals surface area contributed by atoms with Crippen molar-refractivity contribution < 1.29 is 76.4 Å². The minimum absolute atomic E-state index is 0. The zero-order valence-corrected chi connectivity index (χ0v) is 99.3. The smallest absolute Gasteiger partial charge is 0.481 e. The first-order valence-corrected chi connectivity index (χ1v) is 58.4. The number of alkyl halides is 1. The van der Waals surface area contributed by atoms with Crippen LogP contribution in [0.5, 0.6) is 0 Å². The molecule has 0 bridgehead atoms. The lowest BCUT2D eigenvalue weighted by atomic mass is 9.49. The highest BCUT2D eigenvalue weighted by Gasteiger charge is 2.64. The van der Waals surface area contributed by atoms with Gasteiger partial charge in [-0.15, -0.1) is 0 Å². The van der Waals surface area contributed by atoms with Crippen molar-refractivity contribution in [2.45, 2.75) is 386 Å². The van der Waals surface area contributed by atoms with Crippen molar-refractivity contribution in [2.75, 3.05) is 18.5 Å². The number of ether oxygens (including phenoxy) is 2. The van der Waals surface area contributed by atoms with Gasteiger partial charge in [-0.3, -0.25) is 24.1 Å². The average Bonchev–Trinajstić information content (AvgIpc) is 1.60. The number of carboxylic acids is 2. The Hall–Kier alpha value is -7.47. The maximum absolute atomic E-state index is 11.9. The van der Waals surface area contributed by atoms with Gasteiger partial charge in [-0.05, 0) is 366 Å². The number of rotatable bonds is 15. The normalized spacial score (nSPS) is 21.8. The summed E-state index contributed by atoms with van der Waals surface area (Å²) in [5.41, 5.74) is 16.7. The zero-order valence-electron chi connectivity index (χ0n) is 90.8. The van der Waals surface area contributed by atoms with E-state index in [0.717, 1.165) is 116 Å². The van der Waals surface area contributed by atoms with Crippen molar-refractivity contribution in [1.29, 1.82) is 0 Å². The number of halogens is 5. The van der Waals surface area contributed by atoms with Crippen molar-refractivity contribution in [3.8, 4) is 33.8 Å². The highest BCUT2D eigenvalue weighted by Crippen LogP contribution is 2.56. The van der Waals surface area contributed by atoms with Gasteiger partial charge in [0.15, 0.2) is 18.2 Å². The fourth-order valence-electron chi connectivity index (χ4n) is 21.4. The van der Waals surface area contributed by atoms with E-state index < -0.39 is 43.7 Å². The molecule has 9 aromatic rings. The molecule has 12 aliphatic rings. The number of Topliss-reactive ketones (excluding diaryl/α,β-unsaturated/α-hetero) is 2. The van der Waals surface area contributed by atoms with Crippen LogP contribution >= 0.6 is 86.3 Å². The Morgan fingerprint density at radius 2 is 0.819 bits per heavy atom. The Morgan fingerprint density at radius 1 is 0.456 bits per heavy atom. The molecule has 6 aromatic carbocycles. The van der Waals surface area contributed by atoms with Gasteiger partial charge in [0, 0.05) is 64.9 Å². The van der Waals surface area contributed by atoms with Crippen molar-refractivity contribution in [3.63, 3.8) is 0 Å². The number of ketones is 2. The molecule has 149 heavy (non-hydrogen) atoms. The third-order valence-corrected chi connectivity index (χ3v) is 35.5. The number of carbonyl (C=O) groups excluding carboxylic acids is 4. The quantitative estimate of drug-likeness (QED) is 0.0182. The highest BCUT2D eigenvalue weighted by atomic mass is 127. The van der Waals surface area contributed by atoms with Crippen LogP contribution in [0.15, 0.2) is 153 Å². The standard InChI is InChI=1S/C21H29BN2O2.C21H26N2.C15H17BrN2.C15H17BrO3.C12H24B2O4.C12H13I.C11H19NO4.C8H6Br2O.C2H4O2.H3N/c1-20(2)21(3,4)26-22(25-20)17-12-10-15(11-13-17)18-14-23-19(24-18)16-8-6-5-7-9-16;1-13-7-9-17(20-16-10-8-15(16)11-18(13)20)19-12-22-21(23-19)14-5-3-2-4-6-14;16-13-8-6-11(7-9-13)14-10-17-15(18-14)12-4-2-1-3-5-12;16-13-8-6-11(7-9-13)14(17)10-19-15(18)12-4-2-1-3-5-12;1-9(2)10(3,4)16-13(15-9)14-17-11(5,6)12(7,8)18-14;1-7-2-5-11(13)12-9-4-3-8(9)6-10(7)12;1-11(2,3)16-10(15)12-7-5-4-6-8(12)9(13)14;9-5-8(11)6-1-3-7(10)4-2-6;1-2(3)4;/h10-14,16H,5-9H2,1-4H3,(H,23,24);7,9,12,14-16H,2-6,8,10-11H2,1H3,(H,22,23);6-10,12H,1-5H2,(H,17,18);6-9,12H,1-5,10H2;1-8H3;2,5,8-9H,3-4,6H2,1H3;8H,4-7H2,1-3H3,(H,13,14);1-4H,5H2;1H3,(H,3,4);1H3/t;;;;;;8-;;;/m......0.../s1. The molecule has 7 heterocycles. The molecule has 806 valence electrons. The summed E-state index contributed by atoms with van der Waals surface area (Å²) in [5.74, 6) is 7.08. The summed E-state index contributed by atoms with van der Waals surface area (Å²) in [6.45, 7) is 35.8. The minimum atomic E-state index is -0.953. The number of aromatic amines is 3. The Balaban J connectivity index is 0.000000152. The van der Waals surface area contributed by atoms with Gasteiger partial charge >= 0.3 is 39.2 Å². The lowest BCUT2D eigenvalue weighted by molar-refractivity contribution is -0.148. The summed E-state index contributed by atoms with van der Waals surface area (Å²) < 4.78 is 51.0. The first-order valence-electron chi connectivity index (χ1n) is 53.8. The number of esters is 1. The van der Waals surface area contributed by atoms with Crippen LogP contribution in [-0.4, -0.2) is 165 Å². The molecule has 8 aliphatic carbocycles. The van der Waals surface area contributed by atoms with Gasteiger partial charge in [0.05, 0.1) is 80.5 Å².